The summed E-state index contributed by atoms with van der Waals surface area (Å²) in [5, 5.41) is 15.7. The van der Waals surface area contributed by atoms with Crippen molar-refractivity contribution in [3.05, 3.63) is 53.4 Å². The molecule has 3 aromatic heterocycles. The van der Waals surface area contributed by atoms with Gasteiger partial charge in [0.25, 0.3) is 0 Å². The van der Waals surface area contributed by atoms with Gasteiger partial charge in [0.15, 0.2) is 12.2 Å². The molecule has 1 saturated heterocycles. The summed E-state index contributed by atoms with van der Waals surface area (Å²) >= 11 is 1.50. The van der Waals surface area contributed by atoms with Gasteiger partial charge in [-0.25, -0.2) is 19.9 Å². The van der Waals surface area contributed by atoms with E-state index in [1.54, 1.807) is 12.4 Å². The lowest BCUT2D eigenvalue weighted by atomic mass is 9.99. The molecule has 0 radical (unpaired) electrons. The summed E-state index contributed by atoms with van der Waals surface area (Å²) in [6.07, 6.45) is 8.94. The molecule has 4 aromatic rings. The average molecular weight is 484 g/mol. The summed E-state index contributed by atoms with van der Waals surface area (Å²) in [5.74, 6) is 1.85. The maximum atomic E-state index is 9.57. The van der Waals surface area contributed by atoms with Crippen LogP contribution in [0.4, 0.5) is 17.3 Å². The summed E-state index contributed by atoms with van der Waals surface area (Å²) in [6, 6.07) is 10.8. The van der Waals surface area contributed by atoms with Gasteiger partial charge in [-0.15, -0.1) is 11.3 Å². The normalized spacial score (nSPS) is 17.2. The minimum absolute atomic E-state index is 0.433. The molecule has 4 heterocycles. The zero-order valence-electron chi connectivity index (χ0n) is 19.4. The van der Waals surface area contributed by atoms with Crippen molar-refractivity contribution in [2.45, 2.75) is 38.0 Å². The Morgan fingerprint density at radius 3 is 2.63 bits per heavy atom. The summed E-state index contributed by atoms with van der Waals surface area (Å²) in [7, 11) is 0. The van der Waals surface area contributed by atoms with E-state index in [4.69, 9.17) is 14.4 Å². The lowest BCUT2D eigenvalue weighted by Crippen LogP contribution is -2.32. The van der Waals surface area contributed by atoms with E-state index in [-0.39, 0.29) is 0 Å². The van der Waals surface area contributed by atoms with Crippen LogP contribution in [-0.2, 0) is 5.41 Å². The minimum Gasteiger partial charge on any atom is -0.443 e. The Kier molecular flexibility index (Phi) is 5.46. The topological polar surface area (TPSA) is 104 Å². The Labute approximate surface area is 207 Å². The van der Waals surface area contributed by atoms with Gasteiger partial charge < -0.3 is 14.6 Å². The number of oxazole rings is 1. The van der Waals surface area contributed by atoms with Crippen LogP contribution in [0.5, 0.6) is 0 Å². The molecule has 9 heteroatoms. The third-order valence-corrected chi connectivity index (χ3v) is 7.93. The molecule has 0 atom stereocenters. The van der Waals surface area contributed by atoms with Gasteiger partial charge in [0, 0.05) is 36.0 Å². The van der Waals surface area contributed by atoms with Crippen LogP contribution in [0.25, 0.3) is 22.7 Å². The number of hydrogen-bond donors (Lipinski definition) is 1. The van der Waals surface area contributed by atoms with Crippen molar-refractivity contribution in [2.75, 3.05) is 23.3 Å². The molecule has 2 aliphatic rings. The summed E-state index contributed by atoms with van der Waals surface area (Å²) in [5.41, 5.74) is 3.79. The number of aromatic nitrogens is 4. The molecule has 1 aromatic carbocycles. The summed E-state index contributed by atoms with van der Waals surface area (Å²) in [4.78, 5) is 20.6. The molecular weight excluding hydrogens is 458 g/mol. The second kappa shape index (κ2) is 8.78. The Morgan fingerprint density at radius 2 is 1.94 bits per heavy atom. The third-order valence-electron chi connectivity index (χ3n) is 6.88. The van der Waals surface area contributed by atoms with E-state index in [0.29, 0.717) is 28.7 Å². The van der Waals surface area contributed by atoms with E-state index in [1.165, 1.54) is 36.3 Å². The number of piperidine rings is 1. The van der Waals surface area contributed by atoms with E-state index in [9.17, 15) is 5.26 Å². The smallest absolute Gasteiger partial charge is 0.227 e. The van der Waals surface area contributed by atoms with Gasteiger partial charge in [-0.05, 0) is 55.9 Å². The zero-order chi connectivity index (χ0) is 23.8. The highest BCUT2D eigenvalue weighted by Gasteiger charge is 2.47. The monoisotopic (exact) mass is 483 g/mol. The summed E-state index contributed by atoms with van der Waals surface area (Å²) < 4.78 is 5.53. The molecule has 176 valence electrons. The van der Waals surface area contributed by atoms with Gasteiger partial charge in [-0.1, -0.05) is 6.92 Å². The fourth-order valence-electron chi connectivity index (χ4n) is 4.42. The first kappa shape index (κ1) is 21.7. The number of hydrogen-bond acceptors (Lipinski definition) is 9. The molecule has 0 bridgehead atoms. The molecule has 0 unspecified atom stereocenters. The number of benzene rings is 1. The Hall–Kier alpha value is -3.77. The van der Waals surface area contributed by atoms with Crippen molar-refractivity contribution < 1.29 is 4.42 Å². The Balaban J connectivity index is 1.28. The molecule has 1 aliphatic carbocycles. The van der Waals surface area contributed by atoms with Crippen molar-refractivity contribution in [1.29, 1.82) is 5.26 Å². The minimum atomic E-state index is -0.433. The largest absolute Gasteiger partial charge is 0.443 e. The van der Waals surface area contributed by atoms with Gasteiger partial charge in [0.1, 0.15) is 21.8 Å². The molecule has 1 N–H and O–H groups in total. The first-order valence-corrected chi connectivity index (χ1v) is 12.8. The molecule has 0 spiro atoms. The van der Waals surface area contributed by atoms with Gasteiger partial charge in [0.05, 0.1) is 17.8 Å². The lowest BCUT2D eigenvalue weighted by Gasteiger charge is -2.32. The SMILES string of the molecule is CC1CCN(c2ccc(Nc3ncc(-c4cnco4)c(-c4csc(C5(C#N)CC5)n4)n3)cc2)CC1. The van der Waals surface area contributed by atoms with Crippen LogP contribution >= 0.6 is 11.3 Å². The van der Waals surface area contributed by atoms with Crippen LogP contribution in [0.3, 0.4) is 0 Å². The predicted octanol–water partition coefficient (Wildman–Crippen LogP) is 5.79. The maximum absolute atomic E-state index is 9.57. The van der Waals surface area contributed by atoms with Crippen molar-refractivity contribution in [1.82, 2.24) is 19.9 Å². The van der Waals surface area contributed by atoms with Crippen molar-refractivity contribution in [3.8, 4) is 28.8 Å². The first-order valence-electron chi connectivity index (χ1n) is 11.9. The summed E-state index contributed by atoms with van der Waals surface area (Å²) in [6.45, 7) is 4.53. The number of nitriles is 1. The zero-order valence-corrected chi connectivity index (χ0v) is 20.3. The second-order valence-electron chi connectivity index (χ2n) is 9.39. The van der Waals surface area contributed by atoms with Crippen LogP contribution in [0.1, 0.15) is 37.6 Å². The number of nitrogens with one attached hydrogen (secondary N) is 1. The van der Waals surface area contributed by atoms with Gasteiger partial charge in [-0.2, -0.15) is 5.26 Å². The molecule has 8 nitrogen and oxygen atoms in total. The van der Waals surface area contributed by atoms with E-state index in [0.717, 1.165) is 42.5 Å². The van der Waals surface area contributed by atoms with E-state index < -0.39 is 5.41 Å². The quantitative estimate of drug-likeness (QED) is 0.367. The molecular formula is C26H25N7OS. The molecule has 6 rings (SSSR count). The number of anilines is 3. The Bertz CT molecular complexity index is 1360. The van der Waals surface area contributed by atoms with E-state index in [1.807, 2.05) is 5.38 Å². The molecule has 2 fully saturated rings. The van der Waals surface area contributed by atoms with Crippen LogP contribution in [0, 0.1) is 17.2 Å². The van der Waals surface area contributed by atoms with Crippen LogP contribution < -0.4 is 10.2 Å². The fourth-order valence-corrected chi connectivity index (χ4v) is 5.43. The maximum Gasteiger partial charge on any atom is 0.227 e. The van der Waals surface area contributed by atoms with Crippen molar-refractivity contribution >= 4 is 28.7 Å². The molecule has 0 amide bonds. The highest BCUT2D eigenvalue weighted by molar-refractivity contribution is 7.10. The van der Waals surface area contributed by atoms with Crippen molar-refractivity contribution in [3.63, 3.8) is 0 Å². The fraction of sp³-hybridized carbons (Fsp3) is 0.346. The molecule has 1 aliphatic heterocycles. The van der Waals surface area contributed by atoms with Gasteiger partial charge in [0.2, 0.25) is 5.95 Å². The van der Waals surface area contributed by atoms with Crippen LogP contribution in [-0.4, -0.2) is 33.0 Å². The highest BCUT2D eigenvalue weighted by atomic mass is 32.1. The van der Waals surface area contributed by atoms with Crippen molar-refractivity contribution in [2.24, 2.45) is 5.92 Å². The lowest BCUT2D eigenvalue weighted by molar-refractivity contribution is 0.438. The first-order chi connectivity index (χ1) is 17.1. The number of thiazole rings is 1. The number of rotatable bonds is 6. The van der Waals surface area contributed by atoms with E-state index >= 15 is 0 Å². The van der Waals surface area contributed by atoms with Crippen LogP contribution in [0.15, 0.2) is 52.9 Å². The van der Waals surface area contributed by atoms with Crippen LogP contribution in [0.2, 0.25) is 0 Å². The molecule has 1 saturated carbocycles. The third kappa shape index (κ3) is 4.26. The Morgan fingerprint density at radius 1 is 1.14 bits per heavy atom. The molecule has 35 heavy (non-hydrogen) atoms. The average Bonchev–Trinajstić information content (AvgIpc) is 3.26. The van der Waals surface area contributed by atoms with Gasteiger partial charge >= 0.3 is 0 Å². The number of nitrogens with zero attached hydrogens (tertiary/aromatic N) is 6. The predicted molar refractivity (Wildman–Crippen MR) is 135 cm³/mol. The standard InChI is InChI=1S/C26H25N7OS/c1-17-6-10-33(11-7-17)19-4-2-18(3-5-19)30-25-29-12-20(22-13-28-16-34-22)23(32-25)21-14-35-24(31-21)26(15-27)8-9-26/h2-5,12-14,16-17H,6-11H2,1H3,(H,29,30,32). The second-order valence-corrected chi connectivity index (χ2v) is 10.3. The van der Waals surface area contributed by atoms with Gasteiger partial charge in [-0.3, -0.25) is 0 Å². The highest BCUT2D eigenvalue weighted by Crippen LogP contribution is 2.49. The van der Waals surface area contributed by atoms with E-state index in [2.05, 4.69) is 57.4 Å².